The van der Waals surface area contributed by atoms with Crippen LogP contribution in [0.3, 0.4) is 0 Å². The van der Waals surface area contributed by atoms with Gasteiger partial charge in [0.25, 0.3) is 0 Å². The van der Waals surface area contributed by atoms with Crippen molar-refractivity contribution in [3.63, 3.8) is 0 Å². The Bertz CT molecular complexity index is 365. The number of rotatable bonds is 7. The van der Waals surface area contributed by atoms with E-state index in [0.29, 0.717) is 35.1 Å². The summed E-state index contributed by atoms with van der Waals surface area (Å²) in [6, 6.07) is 3.72. The van der Waals surface area contributed by atoms with Gasteiger partial charge in [-0.1, -0.05) is 0 Å². The molecule has 0 bridgehead atoms. The molecule has 1 rings (SSSR count). The molecule has 0 aliphatic carbocycles. The standard InChI is InChI=1S/C12H17Br2NO3/c1-18-7-9(16)2-3-15-6-8-4-10(13)12(17)11(14)5-8/h4-5,9,15-17H,2-3,6-7H2,1H3. The normalized spacial score (nSPS) is 12.7. The summed E-state index contributed by atoms with van der Waals surface area (Å²) in [5, 5.41) is 22.3. The molecule has 0 aromatic heterocycles. The monoisotopic (exact) mass is 381 g/mol. The second-order valence-corrected chi connectivity index (χ2v) is 5.69. The number of hydrogen-bond donors (Lipinski definition) is 3. The molecule has 0 saturated heterocycles. The number of ether oxygens (including phenoxy) is 1. The number of benzene rings is 1. The summed E-state index contributed by atoms with van der Waals surface area (Å²) in [4.78, 5) is 0. The molecule has 18 heavy (non-hydrogen) atoms. The van der Waals surface area contributed by atoms with Crippen LogP contribution in [-0.2, 0) is 11.3 Å². The molecule has 6 heteroatoms. The number of halogens is 2. The van der Waals surface area contributed by atoms with Crippen molar-refractivity contribution < 1.29 is 14.9 Å². The van der Waals surface area contributed by atoms with E-state index in [1.807, 2.05) is 12.1 Å². The SMILES string of the molecule is COCC(O)CCNCc1cc(Br)c(O)c(Br)c1. The Morgan fingerprint density at radius 1 is 1.33 bits per heavy atom. The van der Waals surface area contributed by atoms with Crippen molar-refractivity contribution in [2.75, 3.05) is 20.3 Å². The maximum absolute atomic E-state index is 9.57. The highest BCUT2D eigenvalue weighted by Crippen LogP contribution is 2.33. The molecule has 0 aliphatic rings. The molecule has 0 fully saturated rings. The molecule has 1 aromatic carbocycles. The summed E-state index contributed by atoms with van der Waals surface area (Å²) >= 11 is 6.57. The number of methoxy groups -OCH3 is 1. The first-order chi connectivity index (χ1) is 8.54. The van der Waals surface area contributed by atoms with Crippen LogP contribution in [0.5, 0.6) is 5.75 Å². The van der Waals surface area contributed by atoms with E-state index in [1.54, 1.807) is 7.11 Å². The van der Waals surface area contributed by atoms with Crippen molar-refractivity contribution in [2.45, 2.75) is 19.1 Å². The minimum absolute atomic E-state index is 0.203. The zero-order chi connectivity index (χ0) is 13.5. The number of aliphatic hydroxyl groups is 1. The number of nitrogens with one attached hydrogen (secondary N) is 1. The Kier molecular flexibility index (Phi) is 7.18. The van der Waals surface area contributed by atoms with Gasteiger partial charge in [0.2, 0.25) is 0 Å². The average Bonchev–Trinajstić information content (AvgIpc) is 2.32. The largest absolute Gasteiger partial charge is 0.506 e. The number of phenolic OH excluding ortho intramolecular Hbond substituents is 1. The molecule has 0 saturated carbocycles. The summed E-state index contributed by atoms with van der Waals surface area (Å²) in [7, 11) is 1.57. The molecule has 1 aromatic rings. The molecule has 1 atom stereocenters. The highest BCUT2D eigenvalue weighted by atomic mass is 79.9. The van der Waals surface area contributed by atoms with Crippen molar-refractivity contribution >= 4 is 31.9 Å². The van der Waals surface area contributed by atoms with Crippen molar-refractivity contribution in [3.8, 4) is 5.75 Å². The van der Waals surface area contributed by atoms with Gasteiger partial charge in [-0.2, -0.15) is 0 Å². The Labute approximate surface area is 124 Å². The van der Waals surface area contributed by atoms with Gasteiger partial charge in [0.05, 0.1) is 21.7 Å². The molecule has 0 amide bonds. The molecule has 4 nitrogen and oxygen atoms in total. The molecule has 3 N–H and O–H groups in total. The fourth-order valence-electron chi connectivity index (χ4n) is 1.50. The Hall–Kier alpha value is -0.140. The van der Waals surface area contributed by atoms with Crippen LogP contribution in [0.2, 0.25) is 0 Å². The lowest BCUT2D eigenvalue weighted by molar-refractivity contribution is 0.0594. The quantitative estimate of drug-likeness (QED) is 0.633. The Balaban J connectivity index is 2.36. The first-order valence-corrected chi connectivity index (χ1v) is 7.17. The van der Waals surface area contributed by atoms with Gasteiger partial charge in [0, 0.05) is 13.7 Å². The smallest absolute Gasteiger partial charge is 0.143 e. The molecule has 0 heterocycles. The van der Waals surface area contributed by atoms with E-state index < -0.39 is 6.10 Å². The molecule has 1 unspecified atom stereocenters. The van der Waals surface area contributed by atoms with Crippen LogP contribution in [0.25, 0.3) is 0 Å². The maximum atomic E-state index is 9.57. The highest BCUT2D eigenvalue weighted by molar-refractivity contribution is 9.11. The van der Waals surface area contributed by atoms with Crippen molar-refractivity contribution in [1.29, 1.82) is 0 Å². The minimum Gasteiger partial charge on any atom is -0.506 e. The van der Waals surface area contributed by atoms with Crippen LogP contribution >= 0.6 is 31.9 Å². The zero-order valence-electron chi connectivity index (χ0n) is 10.1. The number of aliphatic hydroxyl groups excluding tert-OH is 1. The van der Waals surface area contributed by atoms with Gasteiger partial charge in [-0.15, -0.1) is 0 Å². The Morgan fingerprint density at radius 2 is 1.94 bits per heavy atom. The average molecular weight is 383 g/mol. The van der Waals surface area contributed by atoms with Crippen molar-refractivity contribution in [3.05, 3.63) is 26.6 Å². The molecule has 0 radical (unpaired) electrons. The summed E-state index contributed by atoms with van der Waals surface area (Å²) in [5.41, 5.74) is 1.05. The van der Waals surface area contributed by atoms with Gasteiger partial charge >= 0.3 is 0 Å². The number of phenols is 1. The Morgan fingerprint density at radius 3 is 2.50 bits per heavy atom. The summed E-state index contributed by atoms with van der Waals surface area (Å²) in [5.74, 6) is 0.203. The van der Waals surface area contributed by atoms with E-state index >= 15 is 0 Å². The number of hydrogen-bond acceptors (Lipinski definition) is 4. The second-order valence-electron chi connectivity index (χ2n) is 3.98. The van der Waals surface area contributed by atoms with Crippen LogP contribution < -0.4 is 5.32 Å². The fourth-order valence-corrected chi connectivity index (χ4v) is 2.78. The molecule has 0 aliphatic heterocycles. The third-order valence-corrected chi connectivity index (χ3v) is 3.63. The highest BCUT2D eigenvalue weighted by Gasteiger charge is 2.06. The van der Waals surface area contributed by atoms with Gasteiger partial charge in [0.1, 0.15) is 5.75 Å². The third-order valence-electron chi connectivity index (χ3n) is 2.42. The predicted molar refractivity (Wildman–Crippen MR) is 77.7 cm³/mol. The van der Waals surface area contributed by atoms with E-state index in [4.69, 9.17) is 4.74 Å². The minimum atomic E-state index is -0.430. The van der Waals surface area contributed by atoms with Crippen LogP contribution in [0.4, 0.5) is 0 Å². The number of aromatic hydroxyl groups is 1. The van der Waals surface area contributed by atoms with Crippen molar-refractivity contribution in [1.82, 2.24) is 5.32 Å². The lowest BCUT2D eigenvalue weighted by Crippen LogP contribution is -2.23. The zero-order valence-corrected chi connectivity index (χ0v) is 13.3. The first-order valence-electron chi connectivity index (χ1n) is 5.59. The third kappa shape index (κ3) is 5.24. The lowest BCUT2D eigenvalue weighted by atomic mass is 10.2. The summed E-state index contributed by atoms with van der Waals surface area (Å²) < 4.78 is 6.17. The van der Waals surface area contributed by atoms with E-state index in [-0.39, 0.29) is 5.75 Å². The lowest BCUT2D eigenvalue weighted by Gasteiger charge is -2.11. The van der Waals surface area contributed by atoms with Gasteiger partial charge in [-0.3, -0.25) is 0 Å². The molecular formula is C12H17Br2NO3. The van der Waals surface area contributed by atoms with Crippen LogP contribution in [0, 0.1) is 0 Å². The van der Waals surface area contributed by atoms with E-state index in [2.05, 4.69) is 37.2 Å². The van der Waals surface area contributed by atoms with E-state index in [9.17, 15) is 10.2 Å². The van der Waals surface area contributed by atoms with E-state index in [1.165, 1.54) is 0 Å². The van der Waals surface area contributed by atoms with Crippen LogP contribution in [0.15, 0.2) is 21.1 Å². The van der Waals surface area contributed by atoms with Crippen LogP contribution in [0.1, 0.15) is 12.0 Å². The van der Waals surface area contributed by atoms with Gasteiger partial charge in [-0.05, 0) is 62.5 Å². The maximum Gasteiger partial charge on any atom is 0.143 e. The van der Waals surface area contributed by atoms with Gasteiger partial charge < -0.3 is 20.3 Å². The van der Waals surface area contributed by atoms with Crippen LogP contribution in [-0.4, -0.2) is 36.6 Å². The van der Waals surface area contributed by atoms with Gasteiger partial charge in [-0.25, -0.2) is 0 Å². The predicted octanol–water partition coefficient (Wildman–Crippen LogP) is 2.40. The molecule has 102 valence electrons. The second kappa shape index (κ2) is 8.12. The topological polar surface area (TPSA) is 61.7 Å². The van der Waals surface area contributed by atoms with Crippen molar-refractivity contribution in [2.24, 2.45) is 0 Å². The molecule has 0 spiro atoms. The van der Waals surface area contributed by atoms with Gasteiger partial charge in [0.15, 0.2) is 0 Å². The fraction of sp³-hybridized carbons (Fsp3) is 0.500. The summed E-state index contributed by atoms with van der Waals surface area (Å²) in [6.45, 7) is 1.75. The van der Waals surface area contributed by atoms with E-state index in [0.717, 1.165) is 5.56 Å². The first kappa shape index (κ1) is 15.9. The summed E-state index contributed by atoms with van der Waals surface area (Å²) in [6.07, 6.45) is 0.217. The molecular weight excluding hydrogens is 366 g/mol.